The number of nitriles is 1. The molecule has 0 fully saturated rings. The molecule has 1 heterocycles. The van der Waals surface area contributed by atoms with Crippen LogP contribution in [-0.2, 0) is 16.1 Å². The van der Waals surface area contributed by atoms with Gasteiger partial charge < -0.3 is 23.5 Å². The number of benzene rings is 2. The molecule has 0 saturated heterocycles. The van der Waals surface area contributed by atoms with Gasteiger partial charge in [-0.1, -0.05) is 5.16 Å². The van der Waals surface area contributed by atoms with Gasteiger partial charge in [0, 0.05) is 5.56 Å². The zero-order valence-electron chi connectivity index (χ0n) is 16.1. The summed E-state index contributed by atoms with van der Waals surface area (Å²) in [6, 6.07) is 12.3. The molecule has 0 unspecified atom stereocenters. The number of ether oxygens (including phenoxy) is 4. The Balaban J connectivity index is 1.54. The first-order chi connectivity index (χ1) is 15.0. The number of hydrogen-bond acceptors (Lipinski definition) is 9. The Morgan fingerprint density at radius 2 is 1.97 bits per heavy atom. The molecular formula is C20H15F2N3O6. The first-order valence-electron chi connectivity index (χ1n) is 8.73. The van der Waals surface area contributed by atoms with Gasteiger partial charge in [-0.05, 0) is 42.5 Å². The van der Waals surface area contributed by atoms with E-state index in [4.69, 9.17) is 24.0 Å². The highest BCUT2D eigenvalue weighted by atomic mass is 19.3. The van der Waals surface area contributed by atoms with E-state index in [0.717, 1.165) is 0 Å². The first-order valence-corrected chi connectivity index (χ1v) is 8.73. The Kier molecular flexibility index (Phi) is 6.95. The van der Waals surface area contributed by atoms with Crippen molar-refractivity contribution in [3.8, 4) is 34.7 Å². The number of hydrogen-bond donors (Lipinski definition) is 0. The molecule has 160 valence electrons. The van der Waals surface area contributed by atoms with Gasteiger partial charge in [-0.2, -0.15) is 19.0 Å². The van der Waals surface area contributed by atoms with Crippen LogP contribution in [0.3, 0.4) is 0 Å². The summed E-state index contributed by atoms with van der Waals surface area (Å²) in [7, 11) is 1.30. The predicted octanol–water partition coefficient (Wildman–Crippen LogP) is 3.34. The van der Waals surface area contributed by atoms with Crippen molar-refractivity contribution in [1.82, 2.24) is 10.1 Å². The third-order valence-corrected chi connectivity index (χ3v) is 3.80. The molecule has 0 spiro atoms. The van der Waals surface area contributed by atoms with Crippen LogP contribution in [0.4, 0.5) is 8.78 Å². The number of rotatable bonds is 9. The molecule has 3 rings (SSSR count). The van der Waals surface area contributed by atoms with Crippen molar-refractivity contribution < 1.29 is 37.0 Å². The maximum atomic E-state index is 12.4. The van der Waals surface area contributed by atoms with E-state index in [-0.39, 0.29) is 36.4 Å². The summed E-state index contributed by atoms with van der Waals surface area (Å²) >= 11 is 0. The normalized spacial score (nSPS) is 10.4. The van der Waals surface area contributed by atoms with E-state index in [2.05, 4.69) is 14.9 Å². The molecule has 0 N–H and O–H groups in total. The fourth-order valence-electron chi connectivity index (χ4n) is 2.38. The number of methoxy groups -OCH3 is 1. The lowest BCUT2D eigenvalue weighted by Gasteiger charge is -2.10. The van der Waals surface area contributed by atoms with Crippen LogP contribution in [0.25, 0.3) is 11.4 Å². The highest BCUT2D eigenvalue weighted by Gasteiger charge is 2.16. The molecule has 2 aromatic carbocycles. The summed E-state index contributed by atoms with van der Waals surface area (Å²) in [6.07, 6.45) is 0. The lowest BCUT2D eigenvalue weighted by atomic mass is 10.2. The largest absolute Gasteiger partial charge is 0.493 e. The smallest absolute Gasteiger partial charge is 0.387 e. The second-order valence-electron chi connectivity index (χ2n) is 5.84. The van der Waals surface area contributed by atoms with Crippen molar-refractivity contribution in [2.75, 3.05) is 13.7 Å². The molecule has 0 aliphatic carbocycles. The summed E-state index contributed by atoms with van der Waals surface area (Å²) in [4.78, 5) is 15.9. The van der Waals surface area contributed by atoms with Gasteiger partial charge in [0.1, 0.15) is 5.75 Å². The summed E-state index contributed by atoms with van der Waals surface area (Å²) in [5.74, 6) is -0.171. The molecule has 0 saturated carbocycles. The van der Waals surface area contributed by atoms with Crippen molar-refractivity contribution in [1.29, 1.82) is 5.26 Å². The summed E-state index contributed by atoms with van der Waals surface area (Å²) in [5, 5.41) is 12.5. The van der Waals surface area contributed by atoms with E-state index in [9.17, 15) is 13.6 Å². The zero-order chi connectivity index (χ0) is 22.2. The van der Waals surface area contributed by atoms with E-state index in [1.807, 2.05) is 6.07 Å². The third kappa shape index (κ3) is 5.89. The molecule has 0 atom stereocenters. The molecule has 0 aliphatic heterocycles. The Labute approximate surface area is 174 Å². The van der Waals surface area contributed by atoms with Gasteiger partial charge in [0.15, 0.2) is 24.7 Å². The van der Waals surface area contributed by atoms with Gasteiger partial charge in [0.05, 0.1) is 18.7 Å². The SMILES string of the molecule is COc1cc(-c2noc(COC(=O)COc3ccc(C#N)cc3)n2)ccc1OC(F)F. The second-order valence-corrected chi connectivity index (χ2v) is 5.84. The van der Waals surface area contributed by atoms with Gasteiger partial charge in [0.2, 0.25) is 5.82 Å². The zero-order valence-corrected chi connectivity index (χ0v) is 16.1. The summed E-state index contributed by atoms with van der Waals surface area (Å²) in [6.45, 7) is -3.63. The number of esters is 1. The van der Waals surface area contributed by atoms with Crippen molar-refractivity contribution in [2.24, 2.45) is 0 Å². The van der Waals surface area contributed by atoms with Gasteiger partial charge >= 0.3 is 12.6 Å². The molecule has 0 bridgehead atoms. The molecule has 1 aromatic heterocycles. The van der Waals surface area contributed by atoms with Gasteiger partial charge in [-0.15, -0.1) is 0 Å². The number of carbonyl (C=O) groups excluding carboxylic acids is 1. The molecule has 31 heavy (non-hydrogen) atoms. The van der Waals surface area contributed by atoms with E-state index in [1.165, 1.54) is 25.3 Å². The Bertz CT molecular complexity index is 1080. The standard InChI is InChI=1S/C20H15F2N3O6/c1-27-16-8-13(4-7-15(16)30-20(21)22)19-24-17(31-25-19)10-29-18(26)11-28-14-5-2-12(9-23)3-6-14/h2-8,20H,10-11H2,1H3. The van der Waals surface area contributed by atoms with Crippen LogP contribution in [0.1, 0.15) is 11.5 Å². The Hall–Kier alpha value is -4.20. The van der Waals surface area contributed by atoms with Gasteiger partial charge in [-0.3, -0.25) is 0 Å². The Morgan fingerprint density at radius 1 is 1.19 bits per heavy atom. The average molecular weight is 431 g/mol. The number of halogens is 2. The lowest BCUT2D eigenvalue weighted by Crippen LogP contribution is -2.14. The number of alkyl halides is 2. The third-order valence-electron chi connectivity index (χ3n) is 3.80. The first kappa shape index (κ1) is 21.5. The van der Waals surface area contributed by atoms with Gasteiger partial charge in [0.25, 0.3) is 5.89 Å². The minimum Gasteiger partial charge on any atom is -0.493 e. The van der Waals surface area contributed by atoms with Crippen LogP contribution in [-0.4, -0.2) is 36.4 Å². The molecular weight excluding hydrogens is 416 g/mol. The lowest BCUT2D eigenvalue weighted by molar-refractivity contribution is -0.148. The minimum atomic E-state index is -2.99. The molecule has 3 aromatic rings. The fourth-order valence-corrected chi connectivity index (χ4v) is 2.38. The van der Waals surface area contributed by atoms with Crippen LogP contribution in [0, 0.1) is 11.3 Å². The number of aromatic nitrogens is 2. The minimum absolute atomic E-state index is 0.0218. The Morgan fingerprint density at radius 3 is 2.65 bits per heavy atom. The number of carbonyl (C=O) groups is 1. The highest BCUT2D eigenvalue weighted by Crippen LogP contribution is 2.32. The molecule has 0 aliphatic rings. The molecule has 0 radical (unpaired) electrons. The van der Waals surface area contributed by atoms with Crippen molar-refractivity contribution in [3.63, 3.8) is 0 Å². The van der Waals surface area contributed by atoms with E-state index >= 15 is 0 Å². The maximum Gasteiger partial charge on any atom is 0.387 e. The van der Waals surface area contributed by atoms with Crippen molar-refractivity contribution in [2.45, 2.75) is 13.2 Å². The van der Waals surface area contributed by atoms with Crippen LogP contribution in [0.5, 0.6) is 17.2 Å². The monoisotopic (exact) mass is 431 g/mol. The van der Waals surface area contributed by atoms with E-state index in [0.29, 0.717) is 16.9 Å². The quantitative estimate of drug-likeness (QED) is 0.470. The molecule has 9 nitrogen and oxygen atoms in total. The summed E-state index contributed by atoms with van der Waals surface area (Å²) < 4.78 is 49.5. The van der Waals surface area contributed by atoms with Crippen molar-refractivity contribution >= 4 is 5.97 Å². The summed E-state index contributed by atoms with van der Waals surface area (Å²) in [5.41, 5.74) is 0.889. The van der Waals surface area contributed by atoms with Crippen LogP contribution in [0.2, 0.25) is 0 Å². The topological polar surface area (TPSA) is 117 Å². The van der Waals surface area contributed by atoms with Crippen LogP contribution >= 0.6 is 0 Å². The maximum absolute atomic E-state index is 12.4. The second kappa shape index (κ2) is 10.0. The van der Waals surface area contributed by atoms with E-state index in [1.54, 1.807) is 24.3 Å². The van der Waals surface area contributed by atoms with Crippen LogP contribution < -0.4 is 14.2 Å². The fraction of sp³-hybridized carbons (Fsp3) is 0.200. The van der Waals surface area contributed by atoms with Crippen molar-refractivity contribution in [3.05, 3.63) is 53.9 Å². The highest BCUT2D eigenvalue weighted by molar-refractivity contribution is 5.71. The predicted molar refractivity (Wildman–Crippen MR) is 99.4 cm³/mol. The van der Waals surface area contributed by atoms with E-state index < -0.39 is 12.6 Å². The molecule has 0 amide bonds. The van der Waals surface area contributed by atoms with Gasteiger partial charge in [-0.25, -0.2) is 4.79 Å². The number of nitrogens with zero attached hydrogens (tertiary/aromatic N) is 3. The molecule has 11 heteroatoms. The van der Waals surface area contributed by atoms with Crippen LogP contribution in [0.15, 0.2) is 47.0 Å². The average Bonchev–Trinajstić information content (AvgIpc) is 3.25.